The molecule has 0 bridgehead atoms. The zero-order valence-corrected chi connectivity index (χ0v) is 10.8. The summed E-state index contributed by atoms with van der Waals surface area (Å²) < 4.78 is 0. The van der Waals surface area contributed by atoms with Gasteiger partial charge in [0.25, 0.3) is 0 Å². The summed E-state index contributed by atoms with van der Waals surface area (Å²) in [5.41, 5.74) is 0. The Kier molecular flexibility index (Phi) is 5.47. The van der Waals surface area contributed by atoms with Gasteiger partial charge in [-0.05, 0) is 30.8 Å². The molecule has 1 fully saturated rings. The van der Waals surface area contributed by atoms with Crippen LogP contribution in [0.3, 0.4) is 0 Å². The highest BCUT2D eigenvalue weighted by Gasteiger charge is 2.29. The molecule has 0 spiro atoms. The first kappa shape index (κ1) is 12.8. The monoisotopic (exact) mass is 230 g/mol. The van der Waals surface area contributed by atoms with Crippen molar-refractivity contribution in [2.75, 3.05) is 25.1 Å². The summed E-state index contributed by atoms with van der Waals surface area (Å²) in [6.07, 6.45) is 4.54. The van der Waals surface area contributed by atoms with Gasteiger partial charge in [0.15, 0.2) is 0 Å². The van der Waals surface area contributed by atoms with Crippen LogP contribution in [0.25, 0.3) is 0 Å². The third-order valence-corrected chi connectivity index (χ3v) is 3.32. The van der Waals surface area contributed by atoms with Gasteiger partial charge < -0.3 is 4.90 Å². The van der Waals surface area contributed by atoms with E-state index in [4.69, 9.17) is 0 Å². The van der Waals surface area contributed by atoms with Gasteiger partial charge in [-0.15, -0.1) is 0 Å². The maximum absolute atomic E-state index is 11.6. The Bertz CT molecular complexity index is 209. The maximum Gasteiger partial charge on any atom is 0.237 e. The summed E-state index contributed by atoms with van der Waals surface area (Å²) in [4.78, 5) is 13.6. The molecule has 1 N–H and O–H groups in total. The Morgan fingerprint density at radius 3 is 2.93 bits per heavy atom. The second-order valence-corrected chi connectivity index (χ2v) is 5.45. The van der Waals surface area contributed by atoms with Crippen LogP contribution in [0.2, 0.25) is 0 Å². The Balaban J connectivity index is 2.38. The van der Waals surface area contributed by atoms with E-state index in [0.717, 1.165) is 25.1 Å². The molecule has 0 radical (unpaired) electrons. The zero-order chi connectivity index (χ0) is 11.3. The second-order valence-electron chi connectivity index (χ2n) is 4.46. The van der Waals surface area contributed by atoms with Crippen LogP contribution in [0.1, 0.15) is 26.7 Å². The number of carbonyl (C=O) groups excluding carboxylic acids is 1. The maximum atomic E-state index is 11.6. The lowest BCUT2D eigenvalue weighted by molar-refractivity contribution is -0.128. The quantitative estimate of drug-likeness (QED) is 0.703. The van der Waals surface area contributed by atoms with Crippen LogP contribution in [0.15, 0.2) is 0 Å². The predicted octanol–water partition coefficient (Wildman–Crippen LogP) is 1.54. The number of nitrogens with one attached hydrogen (secondary N) is 1. The van der Waals surface area contributed by atoms with Crippen molar-refractivity contribution in [1.82, 2.24) is 10.2 Å². The van der Waals surface area contributed by atoms with Crippen molar-refractivity contribution < 1.29 is 4.79 Å². The Morgan fingerprint density at radius 1 is 1.60 bits per heavy atom. The minimum absolute atomic E-state index is 0.266. The molecule has 3 nitrogen and oxygen atoms in total. The number of thioether (sulfide) groups is 1. The van der Waals surface area contributed by atoms with E-state index in [2.05, 4.69) is 25.4 Å². The van der Waals surface area contributed by atoms with Gasteiger partial charge in [0.1, 0.15) is 0 Å². The lowest BCUT2D eigenvalue weighted by Crippen LogP contribution is -2.39. The van der Waals surface area contributed by atoms with Crippen molar-refractivity contribution >= 4 is 17.7 Å². The van der Waals surface area contributed by atoms with Crippen LogP contribution in [0.4, 0.5) is 0 Å². The predicted molar refractivity (Wildman–Crippen MR) is 66.0 cm³/mol. The van der Waals surface area contributed by atoms with E-state index in [9.17, 15) is 4.79 Å². The standard InChI is InChI=1S/C11H22N2OS/c1-9(2)7-10-12-8-11(14)13(10)5-4-6-15-3/h9-10,12H,4-8H2,1-3H3. The number of amides is 1. The van der Waals surface area contributed by atoms with Crippen LogP contribution in [-0.2, 0) is 4.79 Å². The highest BCUT2D eigenvalue weighted by Crippen LogP contribution is 2.14. The molecule has 1 aliphatic heterocycles. The molecular weight excluding hydrogens is 208 g/mol. The molecule has 15 heavy (non-hydrogen) atoms. The third-order valence-electron chi connectivity index (χ3n) is 2.63. The fraction of sp³-hybridized carbons (Fsp3) is 0.909. The average Bonchev–Trinajstić information content (AvgIpc) is 2.49. The summed E-state index contributed by atoms with van der Waals surface area (Å²) in [6.45, 7) is 5.83. The second kappa shape index (κ2) is 6.38. The zero-order valence-electron chi connectivity index (χ0n) is 9.95. The van der Waals surface area contributed by atoms with Crippen molar-refractivity contribution in [3.05, 3.63) is 0 Å². The van der Waals surface area contributed by atoms with E-state index in [1.807, 2.05) is 16.7 Å². The largest absolute Gasteiger partial charge is 0.326 e. The first-order chi connectivity index (χ1) is 7.15. The van der Waals surface area contributed by atoms with Gasteiger partial charge in [-0.3, -0.25) is 10.1 Å². The molecule has 1 unspecified atom stereocenters. The SMILES string of the molecule is CSCCCN1C(=O)CNC1CC(C)C. The lowest BCUT2D eigenvalue weighted by atomic mass is 10.1. The summed E-state index contributed by atoms with van der Waals surface area (Å²) in [5, 5.41) is 3.28. The number of hydrogen-bond donors (Lipinski definition) is 1. The van der Waals surface area contributed by atoms with Crippen LogP contribution in [0.5, 0.6) is 0 Å². The number of rotatable bonds is 6. The molecule has 0 saturated carbocycles. The van der Waals surface area contributed by atoms with E-state index in [0.29, 0.717) is 12.5 Å². The van der Waals surface area contributed by atoms with Crippen LogP contribution in [0, 0.1) is 5.92 Å². The van der Waals surface area contributed by atoms with E-state index in [-0.39, 0.29) is 12.1 Å². The molecule has 88 valence electrons. The first-order valence-electron chi connectivity index (χ1n) is 5.67. The summed E-state index contributed by atoms with van der Waals surface area (Å²) in [5.74, 6) is 2.04. The van der Waals surface area contributed by atoms with Gasteiger partial charge >= 0.3 is 0 Å². The smallest absolute Gasteiger partial charge is 0.237 e. The van der Waals surface area contributed by atoms with Gasteiger partial charge in [0.2, 0.25) is 5.91 Å². The molecule has 1 rings (SSSR count). The van der Waals surface area contributed by atoms with E-state index < -0.39 is 0 Å². The molecule has 1 saturated heterocycles. The minimum Gasteiger partial charge on any atom is -0.326 e. The topological polar surface area (TPSA) is 32.3 Å². The molecule has 0 aromatic rings. The lowest BCUT2D eigenvalue weighted by Gasteiger charge is -2.25. The number of carbonyl (C=O) groups is 1. The molecular formula is C11H22N2OS. The summed E-state index contributed by atoms with van der Waals surface area (Å²) in [7, 11) is 0. The van der Waals surface area contributed by atoms with E-state index in [1.165, 1.54) is 0 Å². The van der Waals surface area contributed by atoms with Crippen LogP contribution < -0.4 is 5.32 Å². The minimum atomic E-state index is 0.266. The van der Waals surface area contributed by atoms with Crippen molar-refractivity contribution in [2.24, 2.45) is 5.92 Å². The summed E-state index contributed by atoms with van der Waals surface area (Å²) in [6, 6.07) is 0. The fourth-order valence-electron chi connectivity index (χ4n) is 1.91. The van der Waals surface area contributed by atoms with Gasteiger partial charge in [0, 0.05) is 6.54 Å². The average molecular weight is 230 g/mol. The molecule has 1 amide bonds. The number of hydrogen-bond acceptors (Lipinski definition) is 3. The molecule has 0 aromatic heterocycles. The fourth-order valence-corrected chi connectivity index (χ4v) is 2.33. The van der Waals surface area contributed by atoms with E-state index in [1.54, 1.807) is 0 Å². The van der Waals surface area contributed by atoms with Crippen LogP contribution >= 0.6 is 11.8 Å². The van der Waals surface area contributed by atoms with Crippen molar-refractivity contribution in [1.29, 1.82) is 0 Å². The molecule has 0 aromatic carbocycles. The van der Waals surface area contributed by atoms with Gasteiger partial charge in [-0.2, -0.15) is 11.8 Å². The Morgan fingerprint density at radius 2 is 2.33 bits per heavy atom. The van der Waals surface area contributed by atoms with Crippen LogP contribution in [-0.4, -0.2) is 42.1 Å². The third kappa shape index (κ3) is 4.03. The number of nitrogens with zero attached hydrogens (tertiary/aromatic N) is 1. The highest BCUT2D eigenvalue weighted by molar-refractivity contribution is 7.98. The normalized spacial score (nSPS) is 21.7. The molecule has 1 aliphatic rings. The molecule has 1 atom stereocenters. The summed E-state index contributed by atoms with van der Waals surface area (Å²) >= 11 is 1.84. The van der Waals surface area contributed by atoms with Crippen molar-refractivity contribution in [3.8, 4) is 0 Å². The van der Waals surface area contributed by atoms with Gasteiger partial charge in [0.05, 0.1) is 12.7 Å². The molecule has 0 aliphatic carbocycles. The Hall–Kier alpha value is -0.220. The van der Waals surface area contributed by atoms with Crippen molar-refractivity contribution in [3.63, 3.8) is 0 Å². The highest BCUT2D eigenvalue weighted by atomic mass is 32.2. The van der Waals surface area contributed by atoms with Gasteiger partial charge in [-0.25, -0.2) is 0 Å². The Labute approximate surface area is 97.0 Å². The van der Waals surface area contributed by atoms with E-state index >= 15 is 0 Å². The van der Waals surface area contributed by atoms with Gasteiger partial charge in [-0.1, -0.05) is 13.8 Å². The molecule has 4 heteroatoms. The van der Waals surface area contributed by atoms with Crippen molar-refractivity contribution in [2.45, 2.75) is 32.9 Å². The first-order valence-corrected chi connectivity index (χ1v) is 7.06. The molecule has 1 heterocycles.